The highest BCUT2D eigenvalue weighted by Crippen LogP contribution is 2.34. The fourth-order valence-electron chi connectivity index (χ4n) is 2.30. The fourth-order valence-corrected chi connectivity index (χ4v) is 3.42. The van der Waals surface area contributed by atoms with Crippen molar-refractivity contribution in [1.82, 2.24) is 0 Å². The number of nitrogens with zero attached hydrogens (tertiary/aromatic N) is 1. The summed E-state index contributed by atoms with van der Waals surface area (Å²) in [6, 6.07) is 5.74. The number of hydrogen-bond acceptors (Lipinski definition) is 8. The molecule has 0 bridgehead atoms. The molecular weight excluding hydrogens is 388 g/mol. The van der Waals surface area contributed by atoms with Gasteiger partial charge in [-0.05, 0) is 24.1 Å². The number of esters is 2. The summed E-state index contributed by atoms with van der Waals surface area (Å²) in [5.41, 5.74) is 0.744. The molecule has 0 spiro atoms. The van der Waals surface area contributed by atoms with Gasteiger partial charge in [0.15, 0.2) is 0 Å². The Morgan fingerprint density at radius 1 is 1.18 bits per heavy atom. The molecule has 146 valence electrons. The Kier molecular flexibility index (Phi) is 6.61. The van der Waals surface area contributed by atoms with Gasteiger partial charge in [-0.1, -0.05) is 12.1 Å². The van der Waals surface area contributed by atoms with Crippen LogP contribution in [0, 0.1) is 17.0 Å². The second kappa shape index (κ2) is 8.91. The molecule has 0 saturated heterocycles. The van der Waals surface area contributed by atoms with Crippen LogP contribution in [0.25, 0.3) is 6.08 Å². The Balaban J connectivity index is 2.28. The Morgan fingerprint density at radius 3 is 2.46 bits per heavy atom. The first-order valence-electron chi connectivity index (χ1n) is 7.82. The van der Waals surface area contributed by atoms with E-state index < -0.39 is 22.8 Å². The molecule has 10 heteroatoms. The van der Waals surface area contributed by atoms with Gasteiger partial charge in [0.25, 0.3) is 5.69 Å². The molecule has 1 N–H and O–H groups in total. The third-order valence-corrected chi connectivity index (χ3v) is 4.84. The first-order chi connectivity index (χ1) is 13.3. The van der Waals surface area contributed by atoms with Gasteiger partial charge >= 0.3 is 11.9 Å². The van der Waals surface area contributed by atoms with E-state index in [0.717, 1.165) is 17.4 Å². The summed E-state index contributed by atoms with van der Waals surface area (Å²) >= 11 is 0.888. The maximum absolute atomic E-state index is 12.2. The van der Waals surface area contributed by atoms with Crippen LogP contribution in [-0.2, 0) is 14.3 Å². The molecule has 0 fully saturated rings. The standard InChI is InChI=1S/C18H16N2O7S/c1-10-14(17(22)26-2)16(28-15(10)18(23)27-3)19-13(21)8-7-11-5-4-6-12(9-11)20(24)25/h4-9H,1-3H3,(H,19,21)/b8-7+. The van der Waals surface area contributed by atoms with Crippen LogP contribution in [0.1, 0.15) is 31.2 Å². The maximum Gasteiger partial charge on any atom is 0.348 e. The summed E-state index contributed by atoms with van der Waals surface area (Å²) in [5, 5.41) is 13.5. The van der Waals surface area contributed by atoms with Crippen molar-refractivity contribution >= 4 is 45.9 Å². The summed E-state index contributed by atoms with van der Waals surface area (Å²) in [6.45, 7) is 1.55. The van der Waals surface area contributed by atoms with Crippen molar-refractivity contribution < 1.29 is 28.8 Å². The first kappa shape index (κ1) is 20.8. The Bertz CT molecular complexity index is 978. The third-order valence-electron chi connectivity index (χ3n) is 3.65. The molecule has 9 nitrogen and oxygen atoms in total. The van der Waals surface area contributed by atoms with Gasteiger partial charge in [0, 0.05) is 18.2 Å². The fraction of sp³-hybridized carbons (Fsp3) is 0.167. The van der Waals surface area contributed by atoms with Gasteiger partial charge in [0.05, 0.1) is 24.7 Å². The van der Waals surface area contributed by atoms with E-state index in [2.05, 4.69) is 10.1 Å². The molecule has 28 heavy (non-hydrogen) atoms. The van der Waals surface area contributed by atoms with Gasteiger partial charge in [0.1, 0.15) is 9.88 Å². The molecule has 2 rings (SSSR count). The summed E-state index contributed by atoms with van der Waals surface area (Å²) in [5.74, 6) is -1.93. The van der Waals surface area contributed by atoms with Gasteiger partial charge < -0.3 is 14.8 Å². The quantitative estimate of drug-likeness (QED) is 0.339. The van der Waals surface area contributed by atoms with E-state index in [0.29, 0.717) is 11.1 Å². The molecule has 1 aromatic carbocycles. The number of thiophene rings is 1. The number of amides is 1. The minimum atomic E-state index is -0.707. The van der Waals surface area contributed by atoms with Gasteiger partial charge in [-0.25, -0.2) is 9.59 Å². The number of nitro benzene ring substituents is 1. The summed E-state index contributed by atoms with van der Waals surface area (Å²) < 4.78 is 9.39. The van der Waals surface area contributed by atoms with Crippen LogP contribution < -0.4 is 5.32 Å². The van der Waals surface area contributed by atoms with Gasteiger partial charge in [-0.3, -0.25) is 14.9 Å². The zero-order valence-corrected chi connectivity index (χ0v) is 16.0. The molecule has 1 amide bonds. The van der Waals surface area contributed by atoms with Crippen LogP contribution >= 0.6 is 11.3 Å². The predicted molar refractivity (Wildman–Crippen MR) is 102 cm³/mol. The number of ether oxygens (including phenoxy) is 2. The molecule has 1 aromatic heterocycles. The lowest BCUT2D eigenvalue weighted by molar-refractivity contribution is -0.384. The van der Waals surface area contributed by atoms with E-state index in [9.17, 15) is 24.5 Å². The van der Waals surface area contributed by atoms with Crippen LogP contribution in [0.15, 0.2) is 30.3 Å². The van der Waals surface area contributed by atoms with Crippen LogP contribution in [0.3, 0.4) is 0 Å². The maximum atomic E-state index is 12.2. The molecule has 0 aliphatic carbocycles. The lowest BCUT2D eigenvalue weighted by Crippen LogP contribution is -2.11. The zero-order chi connectivity index (χ0) is 20.8. The highest BCUT2D eigenvalue weighted by atomic mass is 32.1. The van der Waals surface area contributed by atoms with Crippen LogP contribution in [0.4, 0.5) is 10.7 Å². The zero-order valence-electron chi connectivity index (χ0n) is 15.2. The van der Waals surface area contributed by atoms with Crippen molar-refractivity contribution in [2.75, 3.05) is 19.5 Å². The number of non-ortho nitro benzene ring substituents is 1. The molecule has 0 saturated carbocycles. The highest BCUT2D eigenvalue weighted by Gasteiger charge is 2.26. The van der Waals surface area contributed by atoms with Crippen molar-refractivity contribution in [3.63, 3.8) is 0 Å². The monoisotopic (exact) mass is 404 g/mol. The molecule has 0 radical (unpaired) electrons. The Hall–Kier alpha value is -3.53. The van der Waals surface area contributed by atoms with E-state index in [1.165, 1.54) is 38.5 Å². The van der Waals surface area contributed by atoms with Crippen molar-refractivity contribution in [3.8, 4) is 0 Å². The van der Waals surface area contributed by atoms with Crippen molar-refractivity contribution in [2.24, 2.45) is 0 Å². The average molecular weight is 404 g/mol. The van der Waals surface area contributed by atoms with E-state index in [4.69, 9.17) is 4.74 Å². The van der Waals surface area contributed by atoms with Crippen LogP contribution in [0.5, 0.6) is 0 Å². The first-order valence-corrected chi connectivity index (χ1v) is 8.63. The normalized spacial score (nSPS) is 10.5. The number of nitro groups is 1. The summed E-state index contributed by atoms with van der Waals surface area (Å²) in [6.07, 6.45) is 2.55. The summed E-state index contributed by atoms with van der Waals surface area (Å²) in [4.78, 5) is 46.6. The lowest BCUT2D eigenvalue weighted by Gasteiger charge is -2.04. The SMILES string of the molecule is COC(=O)c1sc(NC(=O)/C=C/c2cccc([N+](=O)[O-])c2)c(C(=O)OC)c1C. The minimum Gasteiger partial charge on any atom is -0.465 e. The number of carbonyl (C=O) groups is 3. The number of rotatable bonds is 6. The number of hydrogen-bond donors (Lipinski definition) is 1. The molecule has 0 aliphatic heterocycles. The van der Waals surface area contributed by atoms with Crippen molar-refractivity contribution in [1.29, 1.82) is 0 Å². The lowest BCUT2D eigenvalue weighted by atomic mass is 10.1. The molecule has 0 unspecified atom stereocenters. The molecule has 1 heterocycles. The van der Waals surface area contributed by atoms with Crippen molar-refractivity contribution in [2.45, 2.75) is 6.92 Å². The van der Waals surface area contributed by atoms with E-state index in [1.807, 2.05) is 0 Å². The molecule has 0 aliphatic rings. The average Bonchev–Trinajstić information content (AvgIpc) is 3.01. The van der Waals surface area contributed by atoms with Crippen LogP contribution in [0.2, 0.25) is 0 Å². The Labute approximate surface area is 163 Å². The van der Waals surface area contributed by atoms with Crippen molar-refractivity contribution in [3.05, 3.63) is 62.0 Å². The third kappa shape index (κ3) is 4.60. The van der Waals surface area contributed by atoms with Gasteiger partial charge in [-0.15, -0.1) is 11.3 Å². The number of nitrogens with one attached hydrogen (secondary N) is 1. The molecular formula is C18H16N2O7S. The number of methoxy groups -OCH3 is 2. The van der Waals surface area contributed by atoms with Crippen LogP contribution in [-0.4, -0.2) is 37.0 Å². The van der Waals surface area contributed by atoms with E-state index in [1.54, 1.807) is 13.0 Å². The number of anilines is 1. The topological polar surface area (TPSA) is 125 Å². The smallest absolute Gasteiger partial charge is 0.348 e. The van der Waals surface area contributed by atoms with Gasteiger partial charge in [-0.2, -0.15) is 0 Å². The summed E-state index contributed by atoms with van der Waals surface area (Å²) in [7, 11) is 2.39. The second-order valence-electron chi connectivity index (χ2n) is 5.42. The second-order valence-corrected chi connectivity index (χ2v) is 6.44. The minimum absolute atomic E-state index is 0.0602. The molecule has 0 atom stereocenters. The molecule has 2 aromatic rings. The van der Waals surface area contributed by atoms with Gasteiger partial charge in [0.2, 0.25) is 5.91 Å². The Morgan fingerprint density at radius 2 is 1.86 bits per heavy atom. The van der Waals surface area contributed by atoms with E-state index >= 15 is 0 Å². The largest absolute Gasteiger partial charge is 0.465 e. The number of benzene rings is 1. The predicted octanol–water partition coefficient (Wildman–Crippen LogP) is 3.19. The highest BCUT2D eigenvalue weighted by molar-refractivity contribution is 7.18. The van der Waals surface area contributed by atoms with E-state index in [-0.39, 0.29) is 21.1 Å². The number of carbonyl (C=O) groups excluding carboxylic acids is 3.